The maximum Gasteiger partial charge on any atom is 0.331 e. The molecule has 0 fully saturated rings. The number of hydrogen-bond donors (Lipinski definition) is 2. The molecule has 17 heavy (non-hydrogen) atoms. The predicted molar refractivity (Wildman–Crippen MR) is 65.9 cm³/mol. The van der Waals surface area contributed by atoms with Gasteiger partial charge in [-0.15, -0.1) is 0 Å². The molecule has 2 N–H and O–H groups in total. The topological polar surface area (TPSA) is 74.6 Å². The SMILES string of the molecule is CCC(=CCCCCC(CC)C(=O)O)C(=O)O. The predicted octanol–water partition coefficient (Wildman–Crippen LogP) is 3.08. The van der Waals surface area contributed by atoms with E-state index in [0.717, 1.165) is 12.8 Å². The molecule has 0 saturated heterocycles. The molecule has 0 amide bonds. The lowest BCUT2D eigenvalue weighted by Crippen LogP contribution is -2.12. The van der Waals surface area contributed by atoms with Crippen molar-refractivity contribution in [3.63, 3.8) is 0 Å². The van der Waals surface area contributed by atoms with Gasteiger partial charge in [0.25, 0.3) is 0 Å². The lowest BCUT2D eigenvalue weighted by atomic mass is 9.98. The molecule has 0 bridgehead atoms. The van der Waals surface area contributed by atoms with Gasteiger partial charge in [-0.25, -0.2) is 4.79 Å². The van der Waals surface area contributed by atoms with Gasteiger partial charge in [0.1, 0.15) is 0 Å². The zero-order valence-electron chi connectivity index (χ0n) is 10.6. The Kier molecular flexibility index (Phi) is 8.11. The Hall–Kier alpha value is -1.32. The van der Waals surface area contributed by atoms with E-state index in [4.69, 9.17) is 10.2 Å². The van der Waals surface area contributed by atoms with E-state index >= 15 is 0 Å². The van der Waals surface area contributed by atoms with Gasteiger partial charge in [0.05, 0.1) is 5.92 Å². The van der Waals surface area contributed by atoms with Crippen LogP contribution in [0.15, 0.2) is 11.6 Å². The van der Waals surface area contributed by atoms with Crippen LogP contribution in [0.1, 0.15) is 52.4 Å². The highest BCUT2D eigenvalue weighted by Crippen LogP contribution is 2.14. The van der Waals surface area contributed by atoms with Crippen LogP contribution in [-0.2, 0) is 9.59 Å². The first kappa shape index (κ1) is 15.7. The molecule has 0 aromatic heterocycles. The molecule has 98 valence electrons. The van der Waals surface area contributed by atoms with Crippen molar-refractivity contribution in [1.29, 1.82) is 0 Å². The number of carboxylic acids is 2. The minimum atomic E-state index is -0.857. The molecule has 0 saturated carbocycles. The first-order valence-electron chi connectivity index (χ1n) is 6.18. The fourth-order valence-electron chi connectivity index (χ4n) is 1.70. The summed E-state index contributed by atoms with van der Waals surface area (Å²) in [6.07, 6.45) is 5.99. The average molecular weight is 242 g/mol. The quantitative estimate of drug-likeness (QED) is 0.481. The monoisotopic (exact) mass is 242 g/mol. The highest BCUT2D eigenvalue weighted by Gasteiger charge is 2.13. The van der Waals surface area contributed by atoms with Gasteiger partial charge in [0, 0.05) is 5.57 Å². The summed E-state index contributed by atoms with van der Waals surface area (Å²) < 4.78 is 0. The Morgan fingerprint density at radius 3 is 2.24 bits per heavy atom. The summed E-state index contributed by atoms with van der Waals surface area (Å²) >= 11 is 0. The highest BCUT2D eigenvalue weighted by atomic mass is 16.4. The minimum Gasteiger partial charge on any atom is -0.481 e. The maximum atomic E-state index is 10.7. The Morgan fingerprint density at radius 2 is 1.82 bits per heavy atom. The van der Waals surface area contributed by atoms with E-state index in [1.165, 1.54) is 0 Å². The standard InChI is InChI=1S/C13H22O4/c1-3-10(12(14)15)8-6-5-7-9-11(4-2)13(16)17/h8,11H,3-7,9H2,1-2H3,(H,14,15)(H,16,17). The second kappa shape index (κ2) is 8.79. The Labute approximate surface area is 102 Å². The van der Waals surface area contributed by atoms with Crippen LogP contribution in [0, 0.1) is 5.92 Å². The Bertz CT molecular complexity index is 281. The molecule has 1 unspecified atom stereocenters. The van der Waals surface area contributed by atoms with Gasteiger partial charge in [0.15, 0.2) is 0 Å². The summed E-state index contributed by atoms with van der Waals surface area (Å²) in [5, 5.41) is 17.6. The van der Waals surface area contributed by atoms with Gasteiger partial charge in [-0.3, -0.25) is 4.79 Å². The van der Waals surface area contributed by atoms with Crippen molar-refractivity contribution in [2.24, 2.45) is 5.92 Å². The molecule has 4 heteroatoms. The van der Waals surface area contributed by atoms with Crippen LogP contribution in [0.3, 0.4) is 0 Å². The zero-order valence-corrected chi connectivity index (χ0v) is 10.6. The molecule has 1 atom stereocenters. The highest BCUT2D eigenvalue weighted by molar-refractivity contribution is 5.86. The smallest absolute Gasteiger partial charge is 0.331 e. The summed E-state index contributed by atoms with van der Waals surface area (Å²) in [4.78, 5) is 21.4. The van der Waals surface area contributed by atoms with Crippen molar-refractivity contribution in [2.45, 2.75) is 52.4 Å². The van der Waals surface area contributed by atoms with Gasteiger partial charge in [-0.1, -0.05) is 26.3 Å². The van der Waals surface area contributed by atoms with Crippen molar-refractivity contribution in [2.75, 3.05) is 0 Å². The van der Waals surface area contributed by atoms with Gasteiger partial charge in [-0.05, 0) is 32.1 Å². The average Bonchev–Trinajstić information content (AvgIpc) is 2.27. The number of carboxylic acid groups (broad SMARTS) is 2. The lowest BCUT2D eigenvalue weighted by Gasteiger charge is -2.08. The third kappa shape index (κ3) is 6.76. The maximum absolute atomic E-state index is 10.7. The molecule has 0 radical (unpaired) electrons. The van der Waals surface area contributed by atoms with Crippen LogP contribution in [0.4, 0.5) is 0 Å². The van der Waals surface area contributed by atoms with Crippen molar-refractivity contribution >= 4 is 11.9 Å². The number of hydrogen-bond acceptors (Lipinski definition) is 2. The number of carbonyl (C=O) groups is 2. The van der Waals surface area contributed by atoms with Gasteiger partial charge >= 0.3 is 11.9 Å². The first-order valence-corrected chi connectivity index (χ1v) is 6.18. The number of allylic oxidation sites excluding steroid dienone is 1. The van der Waals surface area contributed by atoms with E-state index in [9.17, 15) is 9.59 Å². The molecule has 0 heterocycles. The molecule has 0 aliphatic carbocycles. The summed E-state index contributed by atoms with van der Waals surface area (Å²) in [5.74, 6) is -1.85. The van der Waals surface area contributed by atoms with E-state index in [1.54, 1.807) is 6.08 Å². The Balaban J connectivity index is 3.85. The fraction of sp³-hybridized carbons (Fsp3) is 0.692. The molecule has 0 rings (SSSR count). The molecule has 4 nitrogen and oxygen atoms in total. The minimum absolute atomic E-state index is 0.260. The second-order valence-corrected chi connectivity index (χ2v) is 4.12. The third-order valence-corrected chi connectivity index (χ3v) is 2.90. The molecule has 0 aliphatic heterocycles. The summed E-state index contributed by atoms with van der Waals surface area (Å²) in [6, 6.07) is 0. The van der Waals surface area contributed by atoms with Crippen molar-refractivity contribution in [3.8, 4) is 0 Å². The first-order chi connectivity index (χ1) is 8.02. The van der Waals surface area contributed by atoms with Crippen LogP contribution in [0.2, 0.25) is 0 Å². The molecular formula is C13H22O4. The summed E-state index contributed by atoms with van der Waals surface area (Å²) in [5.41, 5.74) is 0.440. The van der Waals surface area contributed by atoms with Crippen molar-refractivity contribution < 1.29 is 19.8 Å². The number of unbranched alkanes of at least 4 members (excludes halogenated alkanes) is 2. The van der Waals surface area contributed by atoms with E-state index in [0.29, 0.717) is 31.3 Å². The van der Waals surface area contributed by atoms with Gasteiger partial charge in [-0.2, -0.15) is 0 Å². The summed E-state index contributed by atoms with van der Waals surface area (Å²) in [6.45, 7) is 3.69. The van der Waals surface area contributed by atoms with Gasteiger partial charge in [0.2, 0.25) is 0 Å². The largest absolute Gasteiger partial charge is 0.481 e. The van der Waals surface area contributed by atoms with E-state index in [2.05, 4.69) is 0 Å². The fourth-order valence-corrected chi connectivity index (χ4v) is 1.70. The molecule has 0 aliphatic rings. The molecule has 0 aromatic rings. The number of rotatable bonds is 9. The van der Waals surface area contributed by atoms with Crippen LogP contribution in [0.5, 0.6) is 0 Å². The molecular weight excluding hydrogens is 220 g/mol. The lowest BCUT2D eigenvalue weighted by molar-refractivity contribution is -0.142. The number of aliphatic carboxylic acids is 2. The van der Waals surface area contributed by atoms with Crippen molar-refractivity contribution in [3.05, 3.63) is 11.6 Å². The van der Waals surface area contributed by atoms with Crippen LogP contribution < -0.4 is 0 Å². The summed E-state index contributed by atoms with van der Waals surface area (Å²) in [7, 11) is 0. The van der Waals surface area contributed by atoms with E-state index < -0.39 is 11.9 Å². The van der Waals surface area contributed by atoms with Crippen LogP contribution in [0.25, 0.3) is 0 Å². The third-order valence-electron chi connectivity index (χ3n) is 2.90. The molecule has 0 spiro atoms. The van der Waals surface area contributed by atoms with Crippen LogP contribution >= 0.6 is 0 Å². The van der Waals surface area contributed by atoms with Gasteiger partial charge < -0.3 is 10.2 Å². The Morgan fingerprint density at radius 1 is 1.18 bits per heavy atom. The molecule has 0 aromatic carbocycles. The van der Waals surface area contributed by atoms with Crippen LogP contribution in [-0.4, -0.2) is 22.2 Å². The van der Waals surface area contributed by atoms with E-state index in [-0.39, 0.29) is 5.92 Å². The van der Waals surface area contributed by atoms with E-state index in [1.807, 2.05) is 13.8 Å². The normalized spacial score (nSPS) is 13.4. The van der Waals surface area contributed by atoms with Crippen molar-refractivity contribution in [1.82, 2.24) is 0 Å². The second-order valence-electron chi connectivity index (χ2n) is 4.12. The zero-order chi connectivity index (χ0) is 13.3.